The molecule has 1 unspecified atom stereocenters. The van der Waals surface area contributed by atoms with E-state index in [2.05, 4.69) is 10.3 Å². The van der Waals surface area contributed by atoms with Gasteiger partial charge in [-0.05, 0) is 48.7 Å². The number of benzene rings is 2. The Morgan fingerprint density at radius 3 is 2.50 bits per heavy atom. The fourth-order valence-electron chi connectivity index (χ4n) is 3.31. The van der Waals surface area contributed by atoms with Crippen molar-refractivity contribution in [1.82, 2.24) is 4.98 Å². The van der Waals surface area contributed by atoms with E-state index in [-0.39, 0.29) is 12.5 Å². The largest absolute Gasteiger partial charge is 0.326 e. The van der Waals surface area contributed by atoms with Gasteiger partial charge in [0, 0.05) is 25.2 Å². The molecule has 8 heteroatoms. The highest BCUT2D eigenvalue weighted by molar-refractivity contribution is 7.81. The Morgan fingerprint density at radius 2 is 1.87 bits per heavy atom. The van der Waals surface area contributed by atoms with E-state index >= 15 is 0 Å². The standard InChI is InChI=1S/C22H24N4O3S/c1-14-4-7-21(15(2)8-14)26(30(28)29)22-10-17(5-6-18(22)11-23)19-9-20(13-24-12-19)25-16(3)27/h4-10,12-13H,11,23H2,1-3H3,(H,25,27)(H,28,29). The van der Waals surface area contributed by atoms with Crippen molar-refractivity contribution in [2.45, 2.75) is 27.3 Å². The normalized spacial score (nSPS) is 11.8. The second kappa shape index (κ2) is 9.17. The van der Waals surface area contributed by atoms with E-state index in [4.69, 9.17) is 5.73 Å². The summed E-state index contributed by atoms with van der Waals surface area (Å²) in [5, 5.41) is 2.71. The van der Waals surface area contributed by atoms with Gasteiger partial charge in [-0.3, -0.25) is 14.3 Å². The third-order valence-electron chi connectivity index (χ3n) is 4.64. The third-order valence-corrected chi connectivity index (χ3v) is 5.35. The first kappa shape index (κ1) is 21.6. The molecule has 30 heavy (non-hydrogen) atoms. The van der Waals surface area contributed by atoms with Gasteiger partial charge in [-0.2, -0.15) is 0 Å². The van der Waals surface area contributed by atoms with E-state index in [1.807, 2.05) is 50.2 Å². The van der Waals surface area contributed by atoms with Gasteiger partial charge >= 0.3 is 0 Å². The van der Waals surface area contributed by atoms with Crippen molar-refractivity contribution in [2.75, 3.05) is 9.62 Å². The average Bonchev–Trinajstić information content (AvgIpc) is 2.69. The second-order valence-corrected chi connectivity index (χ2v) is 7.83. The second-order valence-electron chi connectivity index (χ2n) is 7.01. The zero-order valence-electron chi connectivity index (χ0n) is 17.0. The van der Waals surface area contributed by atoms with Crippen LogP contribution in [0.4, 0.5) is 17.1 Å². The van der Waals surface area contributed by atoms with Crippen molar-refractivity contribution in [3.8, 4) is 11.1 Å². The van der Waals surface area contributed by atoms with E-state index in [0.29, 0.717) is 17.1 Å². The molecule has 3 rings (SSSR count). The topological polar surface area (TPSA) is 109 Å². The number of carbonyl (C=O) groups excluding carboxylic acids is 1. The number of anilines is 3. The van der Waals surface area contributed by atoms with Gasteiger partial charge in [0.1, 0.15) is 0 Å². The molecule has 0 spiro atoms. The van der Waals surface area contributed by atoms with Gasteiger partial charge in [-0.25, -0.2) is 8.51 Å². The monoisotopic (exact) mass is 424 g/mol. The summed E-state index contributed by atoms with van der Waals surface area (Å²) in [6.45, 7) is 5.50. The minimum Gasteiger partial charge on any atom is -0.326 e. The molecule has 0 aliphatic heterocycles. The summed E-state index contributed by atoms with van der Waals surface area (Å²) in [6, 6.07) is 13.0. The van der Waals surface area contributed by atoms with E-state index in [1.165, 1.54) is 11.2 Å². The van der Waals surface area contributed by atoms with Crippen LogP contribution < -0.4 is 15.4 Å². The summed E-state index contributed by atoms with van der Waals surface area (Å²) >= 11 is -2.31. The molecule has 1 heterocycles. The van der Waals surface area contributed by atoms with E-state index in [0.717, 1.165) is 27.8 Å². The summed E-state index contributed by atoms with van der Waals surface area (Å²) in [5.74, 6) is -0.190. The number of nitrogens with zero attached hydrogens (tertiary/aromatic N) is 2. The first-order valence-electron chi connectivity index (χ1n) is 9.34. The molecule has 1 aromatic heterocycles. The quantitative estimate of drug-likeness (QED) is 0.517. The van der Waals surface area contributed by atoms with Crippen LogP contribution in [0.3, 0.4) is 0 Å². The smallest absolute Gasteiger partial charge is 0.266 e. The number of pyridine rings is 1. The van der Waals surface area contributed by atoms with Gasteiger partial charge in [0.05, 0.1) is 23.3 Å². The van der Waals surface area contributed by atoms with Gasteiger partial charge in [-0.15, -0.1) is 0 Å². The molecule has 0 saturated carbocycles. The highest BCUT2D eigenvalue weighted by atomic mass is 32.2. The van der Waals surface area contributed by atoms with Crippen molar-refractivity contribution in [2.24, 2.45) is 5.73 Å². The fourth-order valence-corrected chi connectivity index (χ4v) is 4.02. The number of nitrogens with two attached hydrogens (primary N) is 1. The predicted octanol–water partition coefficient (Wildman–Crippen LogP) is 4.06. The zero-order valence-corrected chi connectivity index (χ0v) is 17.9. The lowest BCUT2D eigenvalue weighted by Crippen LogP contribution is -2.22. The molecule has 0 fully saturated rings. The molecule has 1 atom stereocenters. The van der Waals surface area contributed by atoms with Crippen molar-refractivity contribution in [1.29, 1.82) is 0 Å². The number of carbonyl (C=O) groups is 1. The molecule has 3 aromatic rings. The van der Waals surface area contributed by atoms with Crippen molar-refractivity contribution >= 4 is 34.2 Å². The van der Waals surface area contributed by atoms with E-state index in [9.17, 15) is 13.6 Å². The first-order valence-corrected chi connectivity index (χ1v) is 10.4. The van der Waals surface area contributed by atoms with Crippen molar-refractivity contribution in [3.63, 3.8) is 0 Å². The molecular weight excluding hydrogens is 400 g/mol. The van der Waals surface area contributed by atoms with Crippen LogP contribution in [0.5, 0.6) is 0 Å². The SMILES string of the molecule is CC(=O)Nc1cncc(-c2ccc(CN)c(N(c3ccc(C)cc3C)S(=O)O)c2)c1. The number of hydrogen-bond donors (Lipinski definition) is 3. The Labute approximate surface area is 178 Å². The highest BCUT2D eigenvalue weighted by Crippen LogP contribution is 2.36. The van der Waals surface area contributed by atoms with Crippen LogP contribution in [-0.4, -0.2) is 19.7 Å². The Balaban J connectivity index is 2.14. The Bertz CT molecular complexity index is 1120. The van der Waals surface area contributed by atoms with Crippen LogP contribution in [0.15, 0.2) is 54.9 Å². The molecule has 4 N–H and O–H groups in total. The predicted molar refractivity (Wildman–Crippen MR) is 121 cm³/mol. The van der Waals surface area contributed by atoms with Gasteiger partial charge in [0.15, 0.2) is 0 Å². The third kappa shape index (κ3) is 4.73. The number of rotatable bonds is 6. The van der Waals surface area contributed by atoms with E-state index in [1.54, 1.807) is 18.5 Å². The molecular formula is C22H24N4O3S. The molecule has 0 aliphatic carbocycles. The molecule has 2 aromatic carbocycles. The minimum atomic E-state index is -2.31. The zero-order chi connectivity index (χ0) is 21.8. The number of hydrogen-bond acceptors (Lipinski definition) is 4. The molecule has 0 saturated heterocycles. The Kier molecular flexibility index (Phi) is 6.61. The number of aromatic nitrogens is 1. The molecule has 0 bridgehead atoms. The van der Waals surface area contributed by atoms with Gasteiger partial charge in [-0.1, -0.05) is 29.8 Å². The van der Waals surface area contributed by atoms with Crippen LogP contribution >= 0.6 is 0 Å². The van der Waals surface area contributed by atoms with Crippen molar-refractivity contribution in [3.05, 3.63) is 71.5 Å². The lowest BCUT2D eigenvalue weighted by molar-refractivity contribution is -0.114. The lowest BCUT2D eigenvalue weighted by atomic mass is 10.0. The van der Waals surface area contributed by atoms with Crippen molar-refractivity contribution < 1.29 is 13.6 Å². The number of amides is 1. The highest BCUT2D eigenvalue weighted by Gasteiger charge is 2.21. The maximum atomic E-state index is 12.4. The van der Waals surface area contributed by atoms with Crippen LogP contribution in [0.25, 0.3) is 11.1 Å². The molecule has 0 aliphatic rings. The van der Waals surface area contributed by atoms with Crippen LogP contribution in [0.2, 0.25) is 0 Å². The van der Waals surface area contributed by atoms with Gasteiger partial charge in [0.25, 0.3) is 11.3 Å². The maximum absolute atomic E-state index is 12.4. The summed E-state index contributed by atoms with van der Waals surface area (Å²) in [5.41, 5.74) is 11.9. The Hall–Kier alpha value is -3.07. The summed E-state index contributed by atoms with van der Waals surface area (Å²) in [4.78, 5) is 15.5. The number of nitrogens with one attached hydrogen (secondary N) is 1. The minimum absolute atomic E-state index is 0.190. The summed E-state index contributed by atoms with van der Waals surface area (Å²) in [6.07, 6.45) is 3.23. The Morgan fingerprint density at radius 1 is 1.10 bits per heavy atom. The first-order chi connectivity index (χ1) is 14.3. The lowest BCUT2D eigenvalue weighted by Gasteiger charge is -2.25. The van der Waals surface area contributed by atoms with Crippen LogP contribution in [0.1, 0.15) is 23.6 Å². The molecule has 156 valence electrons. The fraction of sp³-hybridized carbons (Fsp3) is 0.182. The van der Waals surface area contributed by atoms with Crippen LogP contribution in [-0.2, 0) is 22.6 Å². The molecule has 7 nitrogen and oxygen atoms in total. The van der Waals surface area contributed by atoms with E-state index < -0.39 is 11.3 Å². The summed E-state index contributed by atoms with van der Waals surface area (Å²) < 4.78 is 23.9. The van der Waals surface area contributed by atoms with Crippen LogP contribution in [0, 0.1) is 13.8 Å². The van der Waals surface area contributed by atoms with Gasteiger partial charge < -0.3 is 11.1 Å². The average molecular weight is 425 g/mol. The number of aryl methyl sites for hydroxylation is 2. The summed E-state index contributed by atoms with van der Waals surface area (Å²) in [7, 11) is 0. The maximum Gasteiger partial charge on any atom is 0.266 e. The molecule has 0 radical (unpaired) electrons. The van der Waals surface area contributed by atoms with Gasteiger partial charge in [0.2, 0.25) is 5.91 Å². The molecule has 1 amide bonds.